The predicted octanol–water partition coefficient (Wildman–Crippen LogP) is 4.62. The van der Waals surface area contributed by atoms with E-state index in [9.17, 15) is 14.9 Å². The first kappa shape index (κ1) is 16.4. The number of ether oxygens (including phenoxy) is 1. The van der Waals surface area contributed by atoms with Crippen LogP contribution in [-0.4, -0.2) is 10.9 Å². The van der Waals surface area contributed by atoms with Gasteiger partial charge in [-0.1, -0.05) is 42.5 Å². The average Bonchev–Trinajstić information content (AvgIpc) is 2.67. The molecule has 0 fully saturated rings. The first-order valence-electron chi connectivity index (χ1n) is 7.69. The van der Waals surface area contributed by atoms with Crippen LogP contribution in [0.15, 0.2) is 78.9 Å². The van der Waals surface area contributed by atoms with E-state index in [4.69, 9.17) is 4.74 Å². The van der Waals surface area contributed by atoms with E-state index in [1.807, 2.05) is 42.5 Å². The van der Waals surface area contributed by atoms with E-state index in [-0.39, 0.29) is 12.3 Å². The van der Waals surface area contributed by atoms with Crippen LogP contribution in [0.1, 0.15) is 15.9 Å². The molecule has 3 aromatic carbocycles. The molecule has 0 unspecified atom stereocenters. The van der Waals surface area contributed by atoms with Crippen molar-refractivity contribution in [3.8, 4) is 11.1 Å². The summed E-state index contributed by atoms with van der Waals surface area (Å²) in [6, 6.07) is 23.0. The molecular weight excluding hydrogens is 318 g/mol. The third-order valence-corrected chi connectivity index (χ3v) is 3.74. The van der Waals surface area contributed by atoms with Gasteiger partial charge in [-0.15, -0.1) is 0 Å². The fourth-order valence-electron chi connectivity index (χ4n) is 2.38. The SMILES string of the molecule is O=C(OCc1ccc([N+](=O)[O-])cc1)c1ccc(-c2ccccc2)cc1. The lowest BCUT2D eigenvalue weighted by atomic mass is 10.0. The summed E-state index contributed by atoms with van der Waals surface area (Å²) < 4.78 is 5.25. The van der Waals surface area contributed by atoms with Crippen LogP contribution in [0, 0.1) is 10.1 Å². The van der Waals surface area contributed by atoms with Gasteiger partial charge in [-0.2, -0.15) is 0 Å². The number of hydrogen-bond donors (Lipinski definition) is 0. The zero-order valence-electron chi connectivity index (χ0n) is 13.3. The van der Waals surface area contributed by atoms with Crippen molar-refractivity contribution in [3.05, 3.63) is 100 Å². The van der Waals surface area contributed by atoms with E-state index in [1.54, 1.807) is 24.3 Å². The Morgan fingerprint density at radius 2 is 1.44 bits per heavy atom. The van der Waals surface area contributed by atoms with Gasteiger partial charge in [0, 0.05) is 12.1 Å². The molecule has 124 valence electrons. The Kier molecular flexibility index (Phi) is 4.85. The standard InChI is InChI=1S/C20H15NO4/c22-20(25-14-15-6-12-19(13-7-15)21(23)24)18-10-8-17(9-11-18)16-4-2-1-3-5-16/h1-13H,14H2. The fourth-order valence-corrected chi connectivity index (χ4v) is 2.38. The summed E-state index contributed by atoms with van der Waals surface area (Å²) >= 11 is 0. The summed E-state index contributed by atoms with van der Waals surface area (Å²) in [7, 11) is 0. The summed E-state index contributed by atoms with van der Waals surface area (Å²) in [5.41, 5.74) is 3.26. The number of rotatable bonds is 5. The molecule has 0 radical (unpaired) electrons. The van der Waals surface area contributed by atoms with Crippen molar-refractivity contribution >= 4 is 11.7 Å². The van der Waals surface area contributed by atoms with Gasteiger partial charge in [-0.05, 0) is 41.0 Å². The van der Waals surface area contributed by atoms with Gasteiger partial charge in [0.05, 0.1) is 10.5 Å². The Hall–Kier alpha value is -3.47. The monoisotopic (exact) mass is 333 g/mol. The summed E-state index contributed by atoms with van der Waals surface area (Å²) in [5, 5.41) is 10.6. The molecule has 0 saturated carbocycles. The molecule has 25 heavy (non-hydrogen) atoms. The van der Waals surface area contributed by atoms with Gasteiger partial charge in [-0.25, -0.2) is 4.79 Å². The van der Waals surface area contributed by atoms with E-state index in [0.717, 1.165) is 11.1 Å². The lowest BCUT2D eigenvalue weighted by Gasteiger charge is -2.06. The molecule has 0 spiro atoms. The van der Waals surface area contributed by atoms with E-state index >= 15 is 0 Å². The van der Waals surface area contributed by atoms with Crippen LogP contribution in [0.4, 0.5) is 5.69 Å². The Balaban J connectivity index is 1.62. The number of nitro benzene ring substituents is 1. The maximum Gasteiger partial charge on any atom is 0.338 e. The first-order chi connectivity index (χ1) is 12.1. The Morgan fingerprint density at radius 1 is 0.840 bits per heavy atom. The quantitative estimate of drug-likeness (QED) is 0.388. The van der Waals surface area contributed by atoms with Crippen LogP contribution in [0.3, 0.4) is 0 Å². The van der Waals surface area contributed by atoms with E-state index in [2.05, 4.69) is 0 Å². The zero-order valence-corrected chi connectivity index (χ0v) is 13.3. The van der Waals surface area contributed by atoms with Crippen molar-refractivity contribution < 1.29 is 14.5 Å². The number of benzene rings is 3. The van der Waals surface area contributed by atoms with Crippen LogP contribution in [-0.2, 0) is 11.3 Å². The Bertz CT molecular complexity index is 872. The highest BCUT2D eigenvalue weighted by Crippen LogP contribution is 2.20. The van der Waals surface area contributed by atoms with Crippen molar-refractivity contribution in [2.24, 2.45) is 0 Å². The van der Waals surface area contributed by atoms with Crippen LogP contribution < -0.4 is 0 Å². The average molecular weight is 333 g/mol. The van der Waals surface area contributed by atoms with E-state index < -0.39 is 10.9 Å². The van der Waals surface area contributed by atoms with Crippen LogP contribution in [0.2, 0.25) is 0 Å². The molecule has 0 aliphatic heterocycles. The normalized spacial score (nSPS) is 10.2. The maximum absolute atomic E-state index is 12.1. The highest BCUT2D eigenvalue weighted by Gasteiger charge is 2.09. The Labute approximate surface area is 144 Å². The second-order valence-electron chi connectivity index (χ2n) is 5.44. The topological polar surface area (TPSA) is 69.4 Å². The van der Waals surface area contributed by atoms with Gasteiger partial charge in [0.25, 0.3) is 5.69 Å². The van der Waals surface area contributed by atoms with E-state index in [1.165, 1.54) is 12.1 Å². The number of carbonyl (C=O) groups is 1. The Morgan fingerprint density at radius 3 is 2.04 bits per heavy atom. The highest BCUT2D eigenvalue weighted by molar-refractivity contribution is 5.90. The largest absolute Gasteiger partial charge is 0.457 e. The number of esters is 1. The molecule has 3 rings (SSSR count). The third-order valence-electron chi connectivity index (χ3n) is 3.74. The molecular formula is C20H15NO4. The van der Waals surface area contributed by atoms with Crippen molar-refractivity contribution in [1.82, 2.24) is 0 Å². The minimum atomic E-state index is -0.468. The lowest BCUT2D eigenvalue weighted by Crippen LogP contribution is -2.05. The first-order valence-corrected chi connectivity index (χ1v) is 7.69. The molecule has 0 heterocycles. The number of hydrogen-bond acceptors (Lipinski definition) is 4. The van der Waals surface area contributed by atoms with Crippen molar-refractivity contribution in [1.29, 1.82) is 0 Å². The molecule has 3 aromatic rings. The fraction of sp³-hybridized carbons (Fsp3) is 0.0500. The molecule has 0 aromatic heterocycles. The van der Waals surface area contributed by atoms with Gasteiger partial charge in [0.15, 0.2) is 0 Å². The molecule has 0 saturated heterocycles. The summed E-state index contributed by atoms with van der Waals surface area (Å²) in [5.74, 6) is -0.432. The molecule has 5 nitrogen and oxygen atoms in total. The van der Waals surface area contributed by atoms with Gasteiger partial charge in [0.2, 0.25) is 0 Å². The molecule has 5 heteroatoms. The summed E-state index contributed by atoms with van der Waals surface area (Å²) in [6.07, 6.45) is 0. The number of non-ortho nitro benzene ring substituents is 1. The van der Waals surface area contributed by atoms with Gasteiger partial charge in [0.1, 0.15) is 6.61 Å². The van der Waals surface area contributed by atoms with Gasteiger partial charge < -0.3 is 4.74 Å². The van der Waals surface area contributed by atoms with Crippen LogP contribution in [0.5, 0.6) is 0 Å². The second kappa shape index (κ2) is 7.40. The molecule has 0 atom stereocenters. The van der Waals surface area contributed by atoms with Crippen molar-refractivity contribution in [2.75, 3.05) is 0 Å². The minimum absolute atomic E-state index is 0.00609. The van der Waals surface area contributed by atoms with E-state index in [0.29, 0.717) is 11.1 Å². The number of nitrogens with zero attached hydrogens (tertiary/aromatic N) is 1. The molecule has 0 bridgehead atoms. The second-order valence-corrected chi connectivity index (χ2v) is 5.44. The predicted molar refractivity (Wildman–Crippen MR) is 94.1 cm³/mol. The van der Waals surface area contributed by atoms with Gasteiger partial charge >= 0.3 is 5.97 Å². The highest BCUT2D eigenvalue weighted by atomic mass is 16.6. The number of carbonyl (C=O) groups excluding carboxylic acids is 1. The maximum atomic E-state index is 12.1. The van der Waals surface area contributed by atoms with Crippen LogP contribution >= 0.6 is 0 Å². The van der Waals surface area contributed by atoms with Crippen molar-refractivity contribution in [2.45, 2.75) is 6.61 Å². The van der Waals surface area contributed by atoms with Crippen LogP contribution in [0.25, 0.3) is 11.1 Å². The van der Waals surface area contributed by atoms with Crippen molar-refractivity contribution in [3.63, 3.8) is 0 Å². The summed E-state index contributed by atoms with van der Waals surface area (Å²) in [6.45, 7) is 0.0667. The summed E-state index contributed by atoms with van der Waals surface area (Å²) in [4.78, 5) is 22.3. The third kappa shape index (κ3) is 4.09. The van der Waals surface area contributed by atoms with Gasteiger partial charge in [-0.3, -0.25) is 10.1 Å². The zero-order chi connectivity index (χ0) is 17.6. The minimum Gasteiger partial charge on any atom is -0.457 e. The molecule has 0 aliphatic rings. The molecule has 0 amide bonds. The number of nitro groups is 1. The molecule has 0 N–H and O–H groups in total. The molecule has 0 aliphatic carbocycles. The lowest BCUT2D eigenvalue weighted by molar-refractivity contribution is -0.384. The smallest absolute Gasteiger partial charge is 0.338 e.